The third kappa shape index (κ3) is 3.62. The molecule has 1 rings (SSSR count). The SMILES string of the molecule is CC(=O)O/C(Cl)=C/c1ccc(C)cc1. The molecule has 1 aromatic rings. The van der Waals surface area contributed by atoms with E-state index in [1.165, 1.54) is 12.5 Å². The summed E-state index contributed by atoms with van der Waals surface area (Å²) in [6.07, 6.45) is 1.60. The number of carbonyl (C=O) groups excluding carboxylic acids is 1. The van der Waals surface area contributed by atoms with Gasteiger partial charge in [-0.3, -0.25) is 4.79 Å². The topological polar surface area (TPSA) is 26.3 Å². The van der Waals surface area contributed by atoms with Crippen molar-refractivity contribution in [1.29, 1.82) is 0 Å². The summed E-state index contributed by atoms with van der Waals surface area (Å²) in [7, 11) is 0. The monoisotopic (exact) mass is 210 g/mol. The Morgan fingerprint density at radius 1 is 1.36 bits per heavy atom. The molecule has 3 heteroatoms. The van der Waals surface area contributed by atoms with Crippen molar-refractivity contribution in [1.82, 2.24) is 0 Å². The molecular weight excluding hydrogens is 200 g/mol. The van der Waals surface area contributed by atoms with Crippen LogP contribution < -0.4 is 0 Å². The number of ether oxygens (including phenoxy) is 1. The van der Waals surface area contributed by atoms with E-state index in [0.717, 1.165) is 5.56 Å². The average molecular weight is 211 g/mol. The molecule has 0 spiro atoms. The molecule has 0 aliphatic rings. The number of carbonyl (C=O) groups is 1. The van der Waals surface area contributed by atoms with E-state index in [1.807, 2.05) is 31.2 Å². The maximum absolute atomic E-state index is 10.6. The Morgan fingerprint density at radius 2 is 1.93 bits per heavy atom. The summed E-state index contributed by atoms with van der Waals surface area (Å²) < 4.78 is 4.67. The Hall–Kier alpha value is -1.28. The van der Waals surface area contributed by atoms with Crippen LogP contribution in [0, 0.1) is 6.92 Å². The first-order valence-electron chi connectivity index (χ1n) is 4.20. The lowest BCUT2D eigenvalue weighted by Gasteiger charge is -1.98. The fourth-order valence-electron chi connectivity index (χ4n) is 0.960. The molecule has 0 amide bonds. The van der Waals surface area contributed by atoms with Crippen LogP contribution in [0.25, 0.3) is 6.08 Å². The second-order valence-corrected chi connectivity index (χ2v) is 3.33. The Morgan fingerprint density at radius 3 is 2.43 bits per heavy atom. The summed E-state index contributed by atoms with van der Waals surface area (Å²) in [5.74, 6) is -0.418. The van der Waals surface area contributed by atoms with Crippen LogP contribution in [-0.2, 0) is 9.53 Å². The maximum atomic E-state index is 10.6. The molecule has 0 radical (unpaired) electrons. The van der Waals surface area contributed by atoms with Gasteiger partial charge >= 0.3 is 5.97 Å². The summed E-state index contributed by atoms with van der Waals surface area (Å²) in [5.41, 5.74) is 2.08. The zero-order chi connectivity index (χ0) is 10.6. The van der Waals surface area contributed by atoms with Crippen molar-refractivity contribution in [2.24, 2.45) is 0 Å². The molecule has 0 aliphatic carbocycles. The lowest BCUT2D eigenvalue weighted by molar-refractivity contribution is -0.135. The Labute approximate surface area is 88.1 Å². The lowest BCUT2D eigenvalue weighted by Crippen LogP contribution is -1.93. The number of esters is 1. The predicted molar refractivity (Wildman–Crippen MR) is 56.8 cm³/mol. The molecule has 74 valence electrons. The summed E-state index contributed by atoms with van der Waals surface area (Å²) in [6, 6.07) is 7.73. The zero-order valence-corrected chi connectivity index (χ0v) is 8.84. The van der Waals surface area contributed by atoms with Crippen LogP contribution in [0.2, 0.25) is 0 Å². The highest BCUT2D eigenvalue weighted by molar-refractivity contribution is 6.30. The summed E-state index contributed by atoms with van der Waals surface area (Å²) in [4.78, 5) is 10.6. The number of halogens is 1. The van der Waals surface area contributed by atoms with Crippen LogP contribution in [0.3, 0.4) is 0 Å². The van der Waals surface area contributed by atoms with Gasteiger partial charge in [0.1, 0.15) is 0 Å². The van der Waals surface area contributed by atoms with Crippen molar-refractivity contribution >= 4 is 23.6 Å². The molecule has 0 N–H and O–H groups in total. The highest BCUT2D eigenvalue weighted by atomic mass is 35.5. The molecule has 0 aromatic heterocycles. The van der Waals surface area contributed by atoms with Crippen LogP contribution in [0.5, 0.6) is 0 Å². The Bertz CT molecular complexity index is 352. The molecule has 0 unspecified atom stereocenters. The van der Waals surface area contributed by atoms with Crippen LogP contribution in [0.15, 0.2) is 29.5 Å². The summed E-state index contributed by atoms with van der Waals surface area (Å²) in [5, 5.41) is 0.0846. The van der Waals surface area contributed by atoms with Crippen LogP contribution >= 0.6 is 11.6 Å². The first-order valence-corrected chi connectivity index (χ1v) is 4.58. The van der Waals surface area contributed by atoms with E-state index in [4.69, 9.17) is 11.6 Å². The minimum Gasteiger partial charge on any atom is -0.414 e. The number of hydrogen-bond acceptors (Lipinski definition) is 2. The van der Waals surface area contributed by atoms with Gasteiger partial charge in [0.15, 0.2) is 5.22 Å². The van der Waals surface area contributed by atoms with Gasteiger partial charge in [-0.2, -0.15) is 0 Å². The smallest absolute Gasteiger partial charge is 0.308 e. The van der Waals surface area contributed by atoms with Crippen molar-refractivity contribution in [2.75, 3.05) is 0 Å². The summed E-state index contributed by atoms with van der Waals surface area (Å²) in [6.45, 7) is 3.31. The zero-order valence-electron chi connectivity index (χ0n) is 8.08. The normalized spacial score (nSPS) is 11.2. The Kier molecular flexibility index (Phi) is 3.72. The van der Waals surface area contributed by atoms with Gasteiger partial charge in [0.05, 0.1) is 0 Å². The molecule has 1 aromatic carbocycles. The summed E-state index contributed by atoms with van der Waals surface area (Å²) >= 11 is 5.67. The predicted octanol–water partition coefficient (Wildman–Crippen LogP) is 3.10. The van der Waals surface area contributed by atoms with E-state index in [-0.39, 0.29) is 5.22 Å². The minimum absolute atomic E-state index is 0.0846. The quantitative estimate of drug-likeness (QED) is 0.554. The largest absolute Gasteiger partial charge is 0.414 e. The van der Waals surface area contributed by atoms with Crippen LogP contribution in [0.1, 0.15) is 18.1 Å². The van der Waals surface area contributed by atoms with E-state index >= 15 is 0 Å². The third-order valence-corrected chi connectivity index (χ3v) is 1.78. The first kappa shape index (κ1) is 10.8. The highest BCUT2D eigenvalue weighted by Crippen LogP contribution is 2.12. The molecule has 0 saturated carbocycles. The van der Waals surface area contributed by atoms with Crippen molar-refractivity contribution in [3.05, 3.63) is 40.6 Å². The molecule has 0 atom stereocenters. The van der Waals surface area contributed by atoms with E-state index < -0.39 is 5.97 Å². The molecule has 0 saturated heterocycles. The van der Waals surface area contributed by atoms with Gasteiger partial charge in [-0.15, -0.1) is 0 Å². The maximum Gasteiger partial charge on any atom is 0.308 e. The second kappa shape index (κ2) is 4.82. The van der Waals surface area contributed by atoms with Gasteiger partial charge in [0.25, 0.3) is 0 Å². The Balaban J connectivity index is 2.76. The first-order chi connectivity index (χ1) is 6.58. The molecular formula is C11H11ClO2. The van der Waals surface area contributed by atoms with Crippen molar-refractivity contribution in [3.8, 4) is 0 Å². The molecule has 14 heavy (non-hydrogen) atoms. The molecule has 0 bridgehead atoms. The fourth-order valence-corrected chi connectivity index (χ4v) is 1.20. The van der Waals surface area contributed by atoms with Gasteiger partial charge < -0.3 is 4.74 Å². The van der Waals surface area contributed by atoms with Gasteiger partial charge in [-0.25, -0.2) is 0 Å². The van der Waals surface area contributed by atoms with Gasteiger partial charge in [0, 0.05) is 13.0 Å². The van der Waals surface area contributed by atoms with Crippen molar-refractivity contribution in [3.63, 3.8) is 0 Å². The van der Waals surface area contributed by atoms with E-state index in [0.29, 0.717) is 0 Å². The molecule has 0 aliphatic heterocycles. The molecule has 0 heterocycles. The lowest BCUT2D eigenvalue weighted by atomic mass is 10.1. The molecule has 0 fully saturated rings. The van der Waals surface area contributed by atoms with E-state index in [2.05, 4.69) is 4.74 Å². The fraction of sp³-hybridized carbons (Fsp3) is 0.182. The minimum atomic E-state index is -0.418. The number of benzene rings is 1. The van der Waals surface area contributed by atoms with E-state index in [1.54, 1.807) is 6.08 Å². The van der Waals surface area contributed by atoms with Gasteiger partial charge in [-0.1, -0.05) is 29.8 Å². The van der Waals surface area contributed by atoms with Gasteiger partial charge in [-0.05, 0) is 24.1 Å². The third-order valence-electron chi connectivity index (χ3n) is 1.60. The van der Waals surface area contributed by atoms with Crippen molar-refractivity contribution in [2.45, 2.75) is 13.8 Å². The second-order valence-electron chi connectivity index (χ2n) is 2.95. The van der Waals surface area contributed by atoms with Gasteiger partial charge in [0.2, 0.25) is 0 Å². The number of aryl methyl sites for hydroxylation is 1. The average Bonchev–Trinajstić information content (AvgIpc) is 2.07. The van der Waals surface area contributed by atoms with E-state index in [9.17, 15) is 4.79 Å². The number of hydrogen-bond donors (Lipinski definition) is 0. The standard InChI is InChI=1S/C11H11ClO2/c1-8-3-5-10(6-4-8)7-11(12)14-9(2)13/h3-7H,1-2H3/b11-7+. The molecule has 2 nitrogen and oxygen atoms in total. The van der Waals surface area contributed by atoms with Crippen LogP contribution in [-0.4, -0.2) is 5.97 Å². The van der Waals surface area contributed by atoms with Crippen LogP contribution in [0.4, 0.5) is 0 Å². The highest BCUT2D eigenvalue weighted by Gasteiger charge is 1.97. The number of rotatable bonds is 2. The van der Waals surface area contributed by atoms with Crippen molar-refractivity contribution < 1.29 is 9.53 Å².